The van der Waals surface area contributed by atoms with Gasteiger partial charge >= 0.3 is 5.97 Å². The Hall–Kier alpha value is -3.16. The molecule has 0 aromatic heterocycles. The Morgan fingerprint density at radius 1 is 0.494 bits per heavy atom. The number of ether oxygens (including phenoxy) is 3. The van der Waals surface area contributed by atoms with Crippen LogP contribution in [0.4, 0.5) is 0 Å². The van der Waals surface area contributed by atoms with E-state index in [1.165, 1.54) is 141 Å². The van der Waals surface area contributed by atoms with Gasteiger partial charge in [-0.15, -0.1) is 0 Å². The van der Waals surface area contributed by atoms with Crippen molar-refractivity contribution in [1.82, 2.24) is 5.32 Å². The highest BCUT2D eigenvalue weighted by molar-refractivity contribution is 5.80. The van der Waals surface area contributed by atoms with Crippen LogP contribution in [0.1, 0.15) is 284 Å². The number of esters is 1. The number of hydrogen-bond donors (Lipinski definition) is 6. The second-order valence-electron chi connectivity index (χ2n) is 22.8. The van der Waals surface area contributed by atoms with Crippen molar-refractivity contribution in [2.75, 3.05) is 13.2 Å². The van der Waals surface area contributed by atoms with Crippen LogP contribution in [-0.2, 0) is 23.8 Å². The summed E-state index contributed by atoms with van der Waals surface area (Å²) in [5.41, 5.74) is 0. The highest BCUT2D eigenvalue weighted by Crippen LogP contribution is 2.26. The number of carbonyl (C=O) groups excluding carboxylic acids is 2. The normalized spacial score (nSPS) is 19.2. The lowest BCUT2D eigenvalue weighted by atomic mass is 9.99. The molecular formula is C70H123NO10. The van der Waals surface area contributed by atoms with E-state index in [1.54, 1.807) is 6.08 Å². The van der Waals surface area contributed by atoms with E-state index in [1.807, 2.05) is 6.08 Å². The van der Waals surface area contributed by atoms with E-state index in [2.05, 4.69) is 99.0 Å². The molecule has 1 amide bonds. The van der Waals surface area contributed by atoms with Crippen LogP contribution in [0.2, 0.25) is 0 Å². The maximum absolute atomic E-state index is 13.5. The molecule has 468 valence electrons. The first kappa shape index (κ1) is 75.9. The van der Waals surface area contributed by atoms with Crippen molar-refractivity contribution in [3.63, 3.8) is 0 Å². The molecule has 81 heavy (non-hydrogen) atoms. The van der Waals surface area contributed by atoms with E-state index >= 15 is 0 Å². The van der Waals surface area contributed by atoms with Gasteiger partial charge in [-0.2, -0.15) is 0 Å². The number of allylic oxidation sites excluding steroid dienone is 13. The highest BCUT2D eigenvalue weighted by Gasteiger charge is 2.47. The van der Waals surface area contributed by atoms with Gasteiger partial charge in [-0.05, 0) is 96.3 Å². The maximum atomic E-state index is 13.5. The van der Waals surface area contributed by atoms with Gasteiger partial charge < -0.3 is 45.1 Å². The van der Waals surface area contributed by atoms with Crippen LogP contribution in [0.15, 0.2) is 85.1 Å². The van der Waals surface area contributed by atoms with Crippen molar-refractivity contribution in [2.24, 2.45) is 0 Å². The summed E-state index contributed by atoms with van der Waals surface area (Å²) < 4.78 is 17.7. The first-order valence-corrected chi connectivity index (χ1v) is 33.4. The first-order valence-electron chi connectivity index (χ1n) is 33.4. The molecule has 0 aromatic carbocycles. The second-order valence-corrected chi connectivity index (χ2v) is 22.8. The minimum atomic E-state index is -1.62. The molecule has 8 atom stereocenters. The number of amides is 1. The quantitative estimate of drug-likeness (QED) is 0.0195. The molecular weight excluding hydrogens is 1010 g/mol. The van der Waals surface area contributed by atoms with Crippen molar-refractivity contribution >= 4 is 11.9 Å². The Labute approximate surface area is 495 Å². The Morgan fingerprint density at radius 2 is 0.889 bits per heavy atom. The Bertz CT molecular complexity index is 1640. The highest BCUT2D eigenvalue weighted by atomic mass is 16.7. The zero-order valence-electron chi connectivity index (χ0n) is 51.9. The monoisotopic (exact) mass is 1140 g/mol. The molecule has 1 aliphatic rings. The molecule has 11 heteroatoms. The average Bonchev–Trinajstić information content (AvgIpc) is 3.46. The molecule has 6 N–H and O–H groups in total. The summed E-state index contributed by atoms with van der Waals surface area (Å²) in [5.74, 6) is -1.21. The summed E-state index contributed by atoms with van der Waals surface area (Å²) in [4.78, 5) is 26.6. The summed E-state index contributed by atoms with van der Waals surface area (Å²) in [6, 6.07) is -1.04. The Morgan fingerprint density at radius 3 is 1.35 bits per heavy atom. The molecule has 0 bridgehead atoms. The molecule has 0 spiro atoms. The summed E-state index contributed by atoms with van der Waals surface area (Å²) >= 11 is 0. The zero-order chi connectivity index (χ0) is 58.9. The van der Waals surface area contributed by atoms with Crippen LogP contribution in [0.3, 0.4) is 0 Å². The van der Waals surface area contributed by atoms with Crippen molar-refractivity contribution in [3.05, 3.63) is 85.1 Å². The third-order valence-corrected chi connectivity index (χ3v) is 15.3. The van der Waals surface area contributed by atoms with Gasteiger partial charge in [0.15, 0.2) is 12.4 Å². The van der Waals surface area contributed by atoms with E-state index < -0.39 is 67.4 Å². The average molecular weight is 1140 g/mol. The minimum Gasteiger partial charge on any atom is -0.454 e. The molecule has 1 fully saturated rings. The lowest BCUT2D eigenvalue weighted by molar-refractivity contribution is -0.305. The fraction of sp³-hybridized carbons (Fsp3) is 0.771. The van der Waals surface area contributed by atoms with Gasteiger partial charge in [0.05, 0.1) is 25.4 Å². The molecule has 0 radical (unpaired) electrons. The zero-order valence-corrected chi connectivity index (χ0v) is 51.9. The van der Waals surface area contributed by atoms with Crippen molar-refractivity contribution in [3.8, 4) is 0 Å². The van der Waals surface area contributed by atoms with E-state index in [-0.39, 0.29) is 19.4 Å². The van der Waals surface area contributed by atoms with E-state index in [0.717, 1.165) is 96.3 Å². The first-order chi connectivity index (χ1) is 39.7. The molecule has 8 unspecified atom stereocenters. The number of carbonyl (C=O) groups is 2. The predicted molar refractivity (Wildman–Crippen MR) is 338 cm³/mol. The molecule has 1 heterocycles. The summed E-state index contributed by atoms with van der Waals surface area (Å²) in [6.45, 7) is 5.68. The number of nitrogens with one attached hydrogen (secondary N) is 1. The van der Waals surface area contributed by atoms with Gasteiger partial charge in [0, 0.05) is 6.42 Å². The molecule has 0 aliphatic carbocycles. The molecule has 1 saturated heterocycles. The Kier molecular flexibility index (Phi) is 53.6. The lowest BCUT2D eigenvalue weighted by Crippen LogP contribution is -2.61. The third kappa shape index (κ3) is 45.0. The number of unbranched alkanes of at least 4 members (excludes halogenated alkanes) is 30. The third-order valence-electron chi connectivity index (χ3n) is 15.3. The second kappa shape index (κ2) is 57.3. The van der Waals surface area contributed by atoms with Crippen LogP contribution in [-0.4, -0.2) is 99.6 Å². The molecule has 11 nitrogen and oxygen atoms in total. The van der Waals surface area contributed by atoms with Crippen molar-refractivity contribution in [2.45, 2.75) is 333 Å². The molecule has 0 saturated carbocycles. The van der Waals surface area contributed by atoms with Gasteiger partial charge in [-0.25, -0.2) is 0 Å². The van der Waals surface area contributed by atoms with Gasteiger partial charge in [0.2, 0.25) is 5.91 Å². The summed E-state index contributed by atoms with van der Waals surface area (Å²) in [5, 5.41) is 57.1. The largest absolute Gasteiger partial charge is 0.454 e. The minimum absolute atomic E-state index is 0.116. The number of hydrogen-bond acceptors (Lipinski definition) is 10. The standard InChI is InChI=1S/C70H123NO10/c1-4-7-10-13-16-19-22-25-27-29-31-33-34-36-39-42-45-48-51-54-57-63(74)69(78)71-61(62(73)56-53-50-47-44-41-38-24-21-18-15-12-9-6-3)60-79-70-68(67(77)66(76)64(59-72)80-70)81-65(75)58-55-52-49-46-43-40-37-35-32-30-28-26-23-20-17-14-11-8-5-2/h7,10,16,19,25-28,31,33,36,39,53,56,61-64,66-68,70,72-74,76-77H,4-6,8-9,11-15,17-18,20-24,29-30,32,34-35,37-38,40-52,54-55,57-60H2,1-3H3,(H,71,78)/b10-7-,19-16-,27-25-,28-26+,33-31-,39-36-,56-53+. The molecule has 1 rings (SSSR count). The van der Waals surface area contributed by atoms with Gasteiger partial charge in [0.1, 0.15) is 24.4 Å². The number of aliphatic hydroxyl groups excluding tert-OH is 5. The topological polar surface area (TPSA) is 175 Å². The van der Waals surface area contributed by atoms with Gasteiger partial charge in [0.25, 0.3) is 0 Å². The van der Waals surface area contributed by atoms with Crippen molar-refractivity contribution < 1.29 is 49.3 Å². The fourth-order valence-electron chi connectivity index (χ4n) is 10.0. The SMILES string of the molecule is CC/C=C\C/C=C\C/C=C\C/C=C\C/C=C\CCCCCCC(O)C(=O)NC(COC1OC(CO)C(O)C(O)C1OC(=O)CCCCCCCCCCC/C=C/CCCCCCCC)C(O)/C=C/CCCCCCCCCCCCC. The smallest absolute Gasteiger partial charge is 0.306 e. The predicted octanol–water partition coefficient (Wildman–Crippen LogP) is 16.5. The van der Waals surface area contributed by atoms with Crippen molar-refractivity contribution in [1.29, 1.82) is 0 Å². The van der Waals surface area contributed by atoms with Gasteiger partial charge in [-0.3, -0.25) is 9.59 Å². The van der Waals surface area contributed by atoms with Gasteiger partial charge in [-0.1, -0.05) is 266 Å². The Balaban J connectivity index is 2.67. The summed E-state index contributed by atoms with van der Waals surface area (Å²) in [6.07, 6.45) is 64.7. The maximum Gasteiger partial charge on any atom is 0.306 e. The molecule has 1 aliphatic heterocycles. The van der Waals surface area contributed by atoms with E-state index in [0.29, 0.717) is 12.8 Å². The number of aliphatic hydroxyl groups is 5. The van der Waals surface area contributed by atoms with E-state index in [9.17, 15) is 35.1 Å². The fourth-order valence-corrected chi connectivity index (χ4v) is 10.0. The van der Waals surface area contributed by atoms with Crippen LogP contribution in [0.5, 0.6) is 0 Å². The number of rotatable bonds is 56. The van der Waals surface area contributed by atoms with Crippen LogP contribution < -0.4 is 5.32 Å². The van der Waals surface area contributed by atoms with E-state index in [4.69, 9.17) is 14.2 Å². The summed E-state index contributed by atoms with van der Waals surface area (Å²) in [7, 11) is 0. The molecule has 0 aromatic rings. The lowest BCUT2D eigenvalue weighted by Gasteiger charge is -2.41. The van der Waals surface area contributed by atoms with Crippen LogP contribution >= 0.6 is 0 Å². The van der Waals surface area contributed by atoms with Crippen LogP contribution in [0, 0.1) is 0 Å². The van der Waals surface area contributed by atoms with Crippen LogP contribution in [0.25, 0.3) is 0 Å².